The molecule has 0 aliphatic carbocycles. The van der Waals surface area contributed by atoms with Gasteiger partial charge in [0.05, 0.1) is 17.3 Å². The second-order valence-corrected chi connectivity index (χ2v) is 6.33. The van der Waals surface area contributed by atoms with Gasteiger partial charge in [-0.1, -0.05) is 6.58 Å². The topological polar surface area (TPSA) is 109 Å². The molecule has 0 unspecified atom stereocenters. The van der Waals surface area contributed by atoms with Crippen molar-refractivity contribution >= 4 is 28.1 Å². The van der Waals surface area contributed by atoms with Crippen LogP contribution in [0.5, 0.6) is 0 Å². The summed E-state index contributed by atoms with van der Waals surface area (Å²) in [6.07, 6.45) is 6.25. The van der Waals surface area contributed by atoms with Gasteiger partial charge < -0.3 is 5.32 Å². The Hall–Kier alpha value is -4.38. The Balaban J connectivity index is 1.72. The molecular formula is C21H15N7O. The largest absolute Gasteiger partial charge is 0.322 e. The van der Waals surface area contributed by atoms with E-state index in [9.17, 15) is 10.1 Å². The Kier molecular flexibility index (Phi) is 4.55. The van der Waals surface area contributed by atoms with Gasteiger partial charge in [0.1, 0.15) is 18.1 Å². The van der Waals surface area contributed by atoms with E-state index in [0.717, 1.165) is 10.9 Å². The molecular weight excluding hydrogens is 366 g/mol. The smallest absolute Gasteiger partial charge is 0.256 e. The van der Waals surface area contributed by atoms with Gasteiger partial charge in [-0.3, -0.25) is 4.79 Å². The number of hydrogen-bond acceptors (Lipinski definition) is 6. The van der Waals surface area contributed by atoms with Crippen molar-refractivity contribution in [3.05, 3.63) is 78.6 Å². The highest BCUT2D eigenvalue weighted by atomic mass is 16.1. The molecule has 3 aromatic heterocycles. The summed E-state index contributed by atoms with van der Waals surface area (Å²) in [5.41, 5.74) is 2.92. The molecule has 0 spiro atoms. The van der Waals surface area contributed by atoms with Crippen LogP contribution in [0.4, 0.5) is 5.69 Å². The predicted octanol–water partition coefficient (Wildman–Crippen LogP) is 3.37. The molecule has 4 rings (SSSR count). The molecule has 0 saturated carbocycles. The highest BCUT2D eigenvalue weighted by Gasteiger charge is 2.17. The summed E-state index contributed by atoms with van der Waals surface area (Å²) in [5, 5.41) is 17.4. The van der Waals surface area contributed by atoms with E-state index in [4.69, 9.17) is 0 Å². The number of aromatic nitrogens is 5. The van der Waals surface area contributed by atoms with E-state index in [1.54, 1.807) is 42.2 Å². The van der Waals surface area contributed by atoms with Crippen molar-refractivity contribution in [1.29, 1.82) is 5.26 Å². The molecule has 8 nitrogen and oxygen atoms in total. The lowest BCUT2D eigenvalue weighted by atomic mass is 10.00. The number of nitriles is 1. The van der Waals surface area contributed by atoms with Crippen molar-refractivity contribution in [2.75, 3.05) is 5.32 Å². The third kappa shape index (κ3) is 3.33. The number of pyridine rings is 1. The maximum Gasteiger partial charge on any atom is 0.256 e. The third-order valence-corrected chi connectivity index (χ3v) is 4.34. The summed E-state index contributed by atoms with van der Waals surface area (Å²) in [5.74, 6) is 0.269. The second kappa shape index (κ2) is 7.32. The average Bonchev–Trinajstić information content (AvgIpc) is 3.17. The summed E-state index contributed by atoms with van der Waals surface area (Å²) >= 11 is 0. The Morgan fingerprint density at radius 1 is 1.21 bits per heavy atom. The maximum absolute atomic E-state index is 12.9. The van der Waals surface area contributed by atoms with Crippen LogP contribution in [0.3, 0.4) is 0 Å². The number of nitrogens with one attached hydrogen (secondary N) is 1. The zero-order chi connectivity index (χ0) is 20.4. The van der Waals surface area contributed by atoms with Crippen LogP contribution in [0.1, 0.15) is 28.5 Å². The van der Waals surface area contributed by atoms with Crippen molar-refractivity contribution in [1.82, 2.24) is 24.7 Å². The number of amides is 1. The zero-order valence-electron chi connectivity index (χ0n) is 15.5. The minimum atomic E-state index is -0.352. The first-order valence-electron chi connectivity index (χ1n) is 8.69. The van der Waals surface area contributed by atoms with Crippen LogP contribution >= 0.6 is 0 Å². The number of allylic oxidation sites excluding steroid dienone is 1. The summed E-state index contributed by atoms with van der Waals surface area (Å²) < 4.78 is 1.67. The van der Waals surface area contributed by atoms with Gasteiger partial charge in [0.25, 0.3) is 5.91 Å². The van der Waals surface area contributed by atoms with E-state index >= 15 is 0 Å². The van der Waals surface area contributed by atoms with Crippen LogP contribution < -0.4 is 5.32 Å². The average molecular weight is 381 g/mol. The number of nitrogens with zero attached hydrogens (tertiary/aromatic N) is 6. The van der Waals surface area contributed by atoms with Gasteiger partial charge >= 0.3 is 0 Å². The Morgan fingerprint density at radius 2 is 2.07 bits per heavy atom. The molecule has 29 heavy (non-hydrogen) atoms. The number of carbonyl (C=O) groups excluding carboxylic acids is 1. The highest BCUT2D eigenvalue weighted by molar-refractivity contribution is 6.08. The van der Waals surface area contributed by atoms with E-state index < -0.39 is 0 Å². The fourth-order valence-electron chi connectivity index (χ4n) is 3.05. The summed E-state index contributed by atoms with van der Waals surface area (Å²) in [6.45, 7) is 5.61. The van der Waals surface area contributed by atoms with Gasteiger partial charge in [-0.25, -0.2) is 19.6 Å². The second-order valence-electron chi connectivity index (χ2n) is 6.33. The number of anilines is 1. The maximum atomic E-state index is 12.9. The van der Waals surface area contributed by atoms with Gasteiger partial charge in [-0.15, -0.1) is 0 Å². The first-order chi connectivity index (χ1) is 14.1. The first-order valence-corrected chi connectivity index (χ1v) is 8.69. The third-order valence-electron chi connectivity index (χ3n) is 4.34. The molecule has 0 aliphatic heterocycles. The van der Waals surface area contributed by atoms with Crippen LogP contribution in [0.15, 0.2) is 61.8 Å². The summed E-state index contributed by atoms with van der Waals surface area (Å²) in [7, 11) is 0. The molecule has 140 valence electrons. The fourth-order valence-corrected chi connectivity index (χ4v) is 3.05. The van der Waals surface area contributed by atoms with Gasteiger partial charge in [0.2, 0.25) is 0 Å². The number of fused-ring (bicyclic) bond motifs is 1. The normalized spacial score (nSPS) is 10.5. The van der Waals surface area contributed by atoms with Gasteiger partial charge in [-0.05, 0) is 36.8 Å². The van der Waals surface area contributed by atoms with Crippen LogP contribution in [-0.2, 0) is 0 Å². The monoisotopic (exact) mass is 381 g/mol. The number of hydrogen-bond donors (Lipinski definition) is 1. The molecule has 0 atom stereocenters. The Labute approximate surface area is 166 Å². The molecule has 1 aromatic carbocycles. The molecule has 0 aliphatic rings. The minimum absolute atomic E-state index is 0.169. The molecule has 0 radical (unpaired) electrons. The van der Waals surface area contributed by atoms with Crippen LogP contribution in [-0.4, -0.2) is 30.6 Å². The van der Waals surface area contributed by atoms with Crippen molar-refractivity contribution in [2.45, 2.75) is 6.92 Å². The first kappa shape index (κ1) is 18.0. The molecule has 0 bridgehead atoms. The predicted molar refractivity (Wildman–Crippen MR) is 108 cm³/mol. The number of rotatable bonds is 4. The van der Waals surface area contributed by atoms with Crippen molar-refractivity contribution in [3.8, 4) is 11.9 Å². The molecule has 8 heteroatoms. The highest BCUT2D eigenvalue weighted by Crippen LogP contribution is 2.24. The Morgan fingerprint density at radius 3 is 2.79 bits per heavy atom. The van der Waals surface area contributed by atoms with Gasteiger partial charge in [0.15, 0.2) is 5.82 Å². The van der Waals surface area contributed by atoms with Crippen molar-refractivity contribution in [2.24, 2.45) is 0 Å². The summed E-state index contributed by atoms with van der Waals surface area (Å²) in [6, 6.07) is 10.8. The summed E-state index contributed by atoms with van der Waals surface area (Å²) in [4.78, 5) is 25.1. The lowest BCUT2D eigenvalue weighted by molar-refractivity contribution is 0.102. The quantitative estimate of drug-likeness (QED) is 0.580. The fraction of sp³-hybridized carbons (Fsp3) is 0.0476. The van der Waals surface area contributed by atoms with Crippen molar-refractivity contribution in [3.63, 3.8) is 0 Å². The SMILES string of the molecule is C=C(C)c1c(C(=O)Nc2ccc3cnn(-c4ccncn4)c3c2)ccnc1C#N. The van der Waals surface area contributed by atoms with E-state index in [1.807, 2.05) is 18.2 Å². The molecule has 0 fully saturated rings. The van der Waals surface area contributed by atoms with E-state index in [2.05, 4.69) is 31.9 Å². The molecule has 1 amide bonds. The zero-order valence-corrected chi connectivity index (χ0v) is 15.5. The van der Waals surface area contributed by atoms with Gasteiger partial charge in [0, 0.05) is 35.1 Å². The van der Waals surface area contributed by atoms with E-state index in [1.165, 1.54) is 12.5 Å². The molecule has 0 saturated heterocycles. The van der Waals surface area contributed by atoms with E-state index in [-0.39, 0.29) is 11.6 Å². The lowest BCUT2D eigenvalue weighted by Crippen LogP contribution is -2.15. The Bertz CT molecular complexity index is 1290. The number of benzene rings is 1. The van der Waals surface area contributed by atoms with Gasteiger partial charge in [-0.2, -0.15) is 10.4 Å². The molecule has 3 heterocycles. The molecule has 4 aromatic rings. The minimum Gasteiger partial charge on any atom is -0.322 e. The standard InChI is InChI=1S/C21H15N7O/c1-13(2)20-16(5-8-24-17(20)10-22)21(29)27-15-4-3-14-11-26-28(18(14)9-15)19-6-7-23-12-25-19/h3-9,11-12H,1H2,2H3,(H,27,29). The van der Waals surface area contributed by atoms with Crippen LogP contribution in [0.25, 0.3) is 22.3 Å². The lowest BCUT2D eigenvalue weighted by Gasteiger charge is -2.11. The van der Waals surface area contributed by atoms with E-state index in [0.29, 0.717) is 28.2 Å². The van der Waals surface area contributed by atoms with Crippen molar-refractivity contribution < 1.29 is 4.79 Å². The van der Waals surface area contributed by atoms with Crippen LogP contribution in [0, 0.1) is 11.3 Å². The molecule has 1 N–H and O–H groups in total. The number of carbonyl (C=O) groups is 1. The van der Waals surface area contributed by atoms with Crippen LogP contribution in [0.2, 0.25) is 0 Å².